The fourth-order valence-corrected chi connectivity index (χ4v) is 4.13. The zero-order valence-corrected chi connectivity index (χ0v) is 12.1. The number of nitriles is 3. The van der Waals surface area contributed by atoms with E-state index in [0.29, 0.717) is 12.8 Å². The van der Waals surface area contributed by atoms with E-state index in [9.17, 15) is 15.8 Å². The molecule has 0 amide bonds. The second-order valence-electron chi connectivity index (χ2n) is 5.84. The molecular formula is C17H14N4O. The average molecular weight is 290 g/mol. The van der Waals surface area contributed by atoms with Crippen LogP contribution < -0.4 is 0 Å². The summed E-state index contributed by atoms with van der Waals surface area (Å²) in [6.45, 7) is 1.83. The molecule has 1 saturated carbocycles. The molecule has 1 aliphatic heterocycles. The van der Waals surface area contributed by atoms with Crippen LogP contribution in [-0.2, 0) is 4.74 Å². The fourth-order valence-electron chi connectivity index (χ4n) is 4.13. The van der Waals surface area contributed by atoms with E-state index < -0.39 is 16.4 Å². The van der Waals surface area contributed by atoms with E-state index in [1.807, 2.05) is 37.3 Å². The highest BCUT2D eigenvalue weighted by Gasteiger charge is 2.83. The predicted octanol–water partition coefficient (Wildman–Crippen LogP) is 2.87. The predicted molar refractivity (Wildman–Crippen MR) is 77.3 cm³/mol. The number of hydrogen-bond donors (Lipinski definition) is 1. The van der Waals surface area contributed by atoms with Gasteiger partial charge < -0.3 is 4.74 Å². The number of nitrogens with one attached hydrogen (secondary N) is 1. The maximum absolute atomic E-state index is 9.88. The van der Waals surface area contributed by atoms with Crippen molar-refractivity contribution in [1.82, 2.24) is 0 Å². The summed E-state index contributed by atoms with van der Waals surface area (Å²) in [5, 5.41) is 37.6. The molecule has 2 bridgehead atoms. The third-order valence-electron chi connectivity index (χ3n) is 5.27. The van der Waals surface area contributed by atoms with Gasteiger partial charge in [-0.1, -0.05) is 37.3 Å². The maximum atomic E-state index is 9.88. The minimum Gasteiger partial charge on any atom is -0.470 e. The molecule has 0 radical (unpaired) electrons. The Morgan fingerprint density at radius 2 is 1.82 bits per heavy atom. The van der Waals surface area contributed by atoms with E-state index in [0.717, 1.165) is 5.56 Å². The van der Waals surface area contributed by atoms with Crippen LogP contribution in [0.1, 0.15) is 31.2 Å². The Morgan fingerprint density at radius 3 is 2.32 bits per heavy atom. The van der Waals surface area contributed by atoms with Crippen LogP contribution in [0.2, 0.25) is 0 Å². The van der Waals surface area contributed by atoms with E-state index in [1.54, 1.807) is 0 Å². The summed E-state index contributed by atoms with van der Waals surface area (Å²) < 4.78 is 5.66. The highest BCUT2D eigenvalue weighted by atomic mass is 16.5. The number of fused-ring (bicyclic) bond motifs is 2. The topological polar surface area (TPSA) is 104 Å². The molecule has 3 atom stereocenters. The van der Waals surface area contributed by atoms with Crippen LogP contribution in [0.15, 0.2) is 30.3 Å². The lowest BCUT2D eigenvalue weighted by Crippen LogP contribution is -2.44. The number of benzene rings is 1. The second-order valence-corrected chi connectivity index (χ2v) is 5.84. The molecule has 1 saturated heterocycles. The molecule has 108 valence electrons. The zero-order chi connectivity index (χ0) is 16.0. The van der Waals surface area contributed by atoms with Crippen LogP contribution in [0.3, 0.4) is 0 Å². The van der Waals surface area contributed by atoms with Gasteiger partial charge in [-0.3, -0.25) is 5.41 Å². The summed E-state index contributed by atoms with van der Waals surface area (Å²) >= 11 is 0. The van der Waals surface area contributed by atoms with Crippen LogP contribution in [0, 0.1) is 50.2 Å². The molecule has 22 heavy (non-hydrogen) atoms. The van der Waals surface area contributed by atoms with Crippen molar-refractivity contribution in [2.75, 3.05) is 0 Å². The van der Waals surface area contributed by atoms with Crippen LogP contribution in [0.4, 0.5) is 0 Å². The standard InChI is InChI=1S/C17H14N4O/c1-2-16-8-13(12-6-4-3-5-7-12)17(11-20,14(21)22-16)15(16,9-18)10-19/h3-7,13,21H,2,8H2,1H3. The summed E-state index contributed by atoms with van der Waals surface area (Å²) in [4.78, 5) is 0. The van der Waals surface area contributed by atoms with Gasteiger partial charge in [-0.2, -0.15) is 15.8 Å². The summed E-state index contributed by atoms with van der Waals surface area (Å²) in [7, 11) is 0. The van der Waals surface area contributed by atoms with Crippen LogP contribution >= 0.6 is 0 Å². The van der Waals surface area contributed by atoms with Crippen molar-refractivity contribution in [1.29, 1.82) is 21.2 Å². The van der Waals surface area contributed by atoms with Gasteiger partial charge >= 0.3 is 0 Å². The van der Waals surface area contributed by atoms with Crippen molar-refractivity contribution in [2.45, 2.75) is 31.3 Å². The molecular weight excluding hydrogens is 276 g/mol. The van der Waals surface area contributed by atoms with Gasteiger partial charge in [0.15, 0.2) is 5.41 Å². The SMILES string of the molecule is CCC12CC(c3ccccc3)C(C#N)(C(=N)O1)C2(C#N)C#N. The Bertz CT molecular complexity index is 753. The molecule has 1 aromatic rings. The minimum atomic E-state index is -1.65. The molecule has 1 aliphatic carbocycles. The highest BCUT2D eigenvalue weighted by molar-refractivity contribution is 5.92. The van der Waals surface area contributed by atoms with Gasteiger partial charge in [0.05, 0.1) is 18.2 Å². The van der Waals surface area contributed by atoms with E-state index in [4.69, 9.17) is 10.1 Å². The van der Waals surface area contributed by atoms with Gasteiger partial charge in [0.2, 0.25) is 11.3 Å². The quantitative estimate of drug-likeness (QED) is 0.903. The largest absolute Gasteiger partial charge is 0.470 e. The van der Waals surface area contributed by atoms with E-state index in [-0.39, 0.29) is 11.8 Å². The first-order chi connectivity index (χ1) is 10.6. The smallest absolute Gasteiger partial charge is 0.210 e. The number of ether oxygens (including phenoxy) is 1. The monoisotopic (exact) mass is 290 g/mol. The summed E-state index contributed by atoms with van der Waals surface area (Å²) in [6, 6.07) is 15.6. The second kappa shape index (κ2) is 4.33. The Balaban J connectivity index is 2.33. The van der Waals surface area contributed by atoms with Crippen molar-refractivity contribution in [2.24, 2.45) is 10.8 Å². The number of nitrogens with zero attached hydrogens (tertiary/aromatic N) is 3. The van der Waals surface area contributed by atoms with Crippen molar-refractivity contribution in [3.63, 3.8) is 0 Å². The van der Waals surface area contributed by atoms with Crippen LogP contribution in [-0.4, -0.2) is 11.5 Å². The minimum absolute atomic E-state index is 0.250. The molecule has 5 nitrogen and oxygen atoms in total. The first-order valence-electron chi connectivity index (χ1n) is 7.14. The molecule has 2 fully saturated rings. The third kappa shape index (κ3) is 1.20. The Labute approximate surface area is 128 Å². The Kier molecular flexibility index (Phi) is 2.77. The van der Waals surface area contributed by atoms with Crippen LogP contribution in [0.25, 0.3) is 0 Å². The summed E-state index contributed by atoms with van der Waals surface area (Å²) in [6.07, 6.45) is 0.799. The van der Waals surface area contributed by atoms with E-state index in [1.165, 1.54) is 0 Å². The normalized spacial score (nSPS) is 34.3. The van der Waals surface area contributed by atoms with Gasteiger partial charge in [0.1, 0.15) is 5.60 Å². The molecule has 1 N–H and O–H groups in total. The molecule has 5 heteroatoms. The third-order valence-corrected chi connectivity index (χ3v) is 5.27. The van der Waals surface area contributed by atoms with Gasteiger partial charge in [-0.25, -0.2) is 0 Å². The lowest BCUT2D eigenvalue weighted by Gasteiger charge is -2.32. The fraction of sp³-hybridized carbons (Fsp3) is 0.412. The van der Waals surface area contributed by atoms with Crippen molar-refractivity contribution in [3.05, 3.63) is 35.9 Å². The number of hydrogen-bond acceptors (Lipinski definition) is 5. The molecule has 3 rings (SSSR count). The van der Waals surface area contributed by atoms with Gasteiger partial charge in [0, 0.05) is 5.92 Å². The lowest BCUT2D eigenvalue weighted by molar-refractivity contribution is 0.0288. The molecule has 3 unspecified atom stereocenters. The van der Waals surface area contributed by atoms with Gasteiger partial charge in [0.25, 0.3) is 0 Å². The summed E-state index contributed by atoms with van der Waals surface area (Å²) in [5.41, 5.74) is -3.43. The lowest BCUT2D eigenvalue weighted by atomic mass is 9.61. The van der Waals surface area contributed by atoms with Gasteiger partial charge in [-0.05, 0) is 18.4 Å². The zero-order valence-electron chi connectivity index (χ0n) is 12.1. The Hall–Kier alpha value is -2.84. The molecule has 1 heterocycles. The molecule has 1 aromatic carbocycles. The first kappa shape index (κ1) is 14.1. The maximum Gasteiger partial charge on any atom is 0.210 e. The molecule has 0 spiro atoms. The van der Waals surface area contributed by atoms with Crippen molar-refractivity contribution in [3.8, 4) is 18.2 Å². The summed E-state index contributed by atoms with van der Waals surface area (Å²) in [5.74, 6) is -0.640. The molecule has 0 aromatic heterocycles. The van der Waals surface area contributed by atoms with Gasteiger partial charge in [-0.15, -0.1) is 0 Å². The van der Waals surface area contributed by atoms with E-state index in [2.05, 4.69) is 18.2 Å². The van der Waals surface area contributed by atoms with E-state index >= 15 is 0 Å². The highest BCUT2D eigenvalue weighted by Crippen LogP contribution is 2.71. The van der Waals surface area contributed by atoms with Crippen molar-refractivity contribution >= 4 is 5.90 Å². The first-order valence-corrected chi connectivity index (χ1v) is 7.14. The average Bonchev–Trinajstić information content (AvgIpc) is 2.95. The molecule has 2 aliphatic rings. The number of rotatable bonds is 2. The Morgan fingerprint density at radius 1 is 1.18 bits per heavy atom. The van der Waals surface area contributed by atoms with Crippen LogP contribution in [0.5, 0.6) is 0 Å². The van der Waals surface area contributed by atoms with Crippen molar-refractivity contribution < 1.29 is 4.74 Å².